The Morgan fingerprint density at radius 2 is 1.35 bits per heavy atom. The van der Waals surface area contributed by atoms with Crippen LogP contribution in [0.25, 0.3) is 0 Å². The molecule has 2 N–H and O–H groups in total. The Labute approximate surface area is 120 Å². The minimum Gasteiger partial charge on any atom is -0.493 e. The van der Waals surface area contributed by atoms with Crippen LogP contribution in [0.15, 0.2) is 48.5 Å². The topological polar surface area (TPSA) is 44.5 Å². The van der Waals surface area contributed by atoms with Crippen LogP contribution in [0.2, 0.25) is 0 Å². The van der Waals surface area contributed by atoms with Crippen LogP contribution >= 0.6 is 0 Å². The van der Waals surface area contributed by atoms with Crippen LogP contribution in [-0.4, -0.2) is 13.2 Å². The lowest BCUT2D eigenvalue weighted by molar-refractivity contribution is 0.266. The van der Waals surface area contributed by atoms with Crippen LogP contribution in [0.1, 0.15) is 18.4 Å². The molecule has 0 heterocycles. The lowest BCUT2D eigenvalue weighted by atomic mass is 10.2. The van der Waals surface area contributed by atoms with Gasteiger partial charge in [-0.25, -0.2) is 0 Å². The van der Waals surface area contributed by atoms with Gasteiger partial charge in [0.25, 0.3) is 0 Å². The third-order valence-corrected chi connectivity index (χ3v) is 3.07. The number of nitrogens with two attached hydrogens (primary N) is 1. The highest BCUT2D eigenvalue weighted by Crippen LogP contribution is 2.20. The first-order valence-corrected chi connectivity index (χ1v) is 6.93. The van der Waals surface area contributed by atoms with E-state index in [1.54, 1.807) is 0 Å². The lowest BCUT2D eigenvalue weighted by Gasteiger charge is -2.10. The molecule has 0 aliphatic heterocycles. The summed E-state index contributed by atoms with van der Waals surface area (Å²) < 4.78 is 11.4. The summed E-state index contributed by atoms with van der Waals surface area (Å²) in [5, 5.41) is 0. The van der Waals surface area contributed by atoms with Gasteiger partial charge in [0.05, 0.1) is 18.9 Å². The Hall–Kier alpha value is -2.16. The summed E-state index contributed by atoms with van der Waals surface area (Å²) >= 11 is 0. The normalized spacial score (nSPS) is 10.2. The highest BCUT2D eigenvalue weighted by molar-refractivity contribution is 5.51. The average molecular weight is 271 g/mol. The van der Waals surface area contributed by atoms with Crippen molar-refractivity contribution in [3.8, 4) is 11.5 Å². The SMILES string of the molecule is Cc1ccccc1OCCCCOc1ccccc1N. The summed E-state index contributed by atoms with van der Waals surface area (Å²) in [6.07, 6.45) is 1.90. The maximum Gasteiger partial charge on any atom is 0.142 e. The molecule has 0 bridgehead atoms. The van der Waals surface area contributed by atoms with Gasteiger partial charge < -0.3 is 15.2 Å². The van der Waals surface area contributed by atoms with Gasteiger partial charge in [-0.05, 0) is 43.5 Å². The van der Waals surface area contributed by atoms with Gasteiger partial charge in [-0.2, -0.15) is 0 Å². The van der Waals surface area contributed by atoms with Crippen molar-refractivity contribution in [1.82, 2.24) is 0 Å². The van der Waals surface area contributed by atoms with Crippen molar-refractivity contribution in [3.05, 3.63) is 54.1 Å². The summed E-state index contributed by atoms with van der Waals surface area (Å²) in [5.41, 5.74) is 7.66. The Kier molecular flexibility index (Phi) is 5.30. The zero-order valence-corrected chi connectivity index (χ0v) is 11.8. The molecule has 2 aromatic carbocycles. The second kappa shape index (κ2) is 7.43. The molecule has 0 aliphatic carbocycles. The van der Waals surface area contributed by atoms with E-state index < -0.39 is 0 Å². The van der Waals surface area contributed by atoms with Crippen LogP contribution < -0.4 is 15.2 Å². The van der Waals surface area contributed by atoms with E-state index in [9.17, 15) is 0 Å². The first kappa shape index (κ1) is 14.3. The lowest BCUT2D eigenvalue weighted by Crippen LogP contribution is -2.04. The molecule has 0 saturated carbocycles. The second-order valence-corrected chi connectivity index (χ2v) is 4.71. The number of benzene rings is 2. The van der Waals surface area contributed by atoms with E-state index in [4.69, 9.17) is 15.2 Å². The molecule has 20 heavy (non-hydrogen) atoms. The number of rotatable bonds is 7. The van der Waals surface area contributed by atoms with Crippen molar-refractivity contribution in [1.29, 1.82) is 0 Å². The van der Waals surface area contributed by atoms with Gasteiger partial charge in [0, 0.05) is 0 Å². The van der Waals surface area contributed by atoms with Crippen LogP contribution in [0.5, 0.6) is 11.5 Å². The van der Waals surface area contributed by atoms with Gasteiger partial charge in [0.1, 0.15) is 11.5 Å². The van der Waals surface area contributed by atoms with Crippen molar-refractivity contribution in [2.45, 2.75) is 19.8 Å². The number of hydrogen-bond acceptors (Lipinski definition) is 3. The maximum atomic E-state index is 5.80. The highest BCUT2D eigenvalue weighted by atomic mass is 16.5. The Balaban J connectivity index is 1.63. The number of ether oxygens (including phenoxy) is 2. The van der Waals surface area contributed by atoms with E-state index in [0.717, 1.165) is 24.3 Å². The predicted octanol–water partition coefficient (Wildman–Crippen LogP) is 3.82. The third-order valence-electron chi connectivity index (χ3n) is 3.07. The zero-order chi connectivity index (χ0) is 14.2. The minimum absolute atomic E-state index is 0.658. The fourth-order valence-electron chi connectivity index (χ4n) is 1.90. The smallest absolute Gasteiger partial charge is 0.142 e. The minimum atomic E-state index is 0.658. The van der Waals surface area contributed by atoms with Gasteiger partial charge in [-0.15, -0.1) is 0 Å². The van der Waals surface area contributed by atoms with E-state index in [0.29, 0.717) is 18.9 Å². The summed E-state index contributed by atoms with van der Waals surface area (Å²) in [4.78, 5) is 0. The van der Waals surface area contributed by atoms with Gasteiger partial charge in [-0.3, -0.25) is 0 Å². The standard InChI is InChI=1S/C17H21NO2/c1-14-8-2-4-10-16(14)19-12-6-7-13-20-17-11-5-3-9-15(17)18/h2-5,8-11H,6-7,12-13,18H2,1H3. The molecule has 0 atom stereocenters. The number of unbranched alkanes of at least 4 members (excludes halogenated alkanes) is 1. The van der Waals surface area contributed by atoms with E-state index in [2.05, 4.69) is 13.0 Å². The molecule has 0 fully saturated rings. The van der Waals surface area contributed by atoms with Crippen LogP contribution in [0.3, 0.4) is 0 Å². The van der Waals surface area contributed by atoms with E-state index in [1.165, 1.54) is 5.56 Å². The number of anilines is 1. The number of hydrogen-bond donors (Lipinski definition) is 1. The monoisotopic (exact) mass is 271 g/mol. The van der Waals surface area contributed by atoms with Crippen molar-refractivity contribution in [2.75, 3.05) is 18.9 Å². The molecule has 106 valence electrons. The quantitative estimate of drug-likeness (QED) is 0.615. The predicted molar refractivity (Wildman–Crippen MR) is 82.3 cm³/mol. The average Bonchev–Trinajstić information content (AvgIpc) is 2.46. The Morgan fingerprint density at radius 3 is 2.00 bits per heavy atom. The van der Waals surface area contributed by atoms with E-state index in [-0.39, 0.29) is 0 Å². The van der Waals surface area contributed by atoms with Gasteiger partial charge >= 0.3 is 0 Å². The molecule has 0 radical (unpaired) electrons. The first-order chi connectivity index (χ1) is 9.77. The molecule has 0 unspecified atom stereocenters. The van der Waals surface area contributed by atoms with Crippen molar-refractivity contribution in [3.63, 3.8) is 0 Å². The van der Waals surface area contributed by atoms with Crippen molar-refractivity contribution in [2.24, 2.45) is 0 Å². The van der Waals surface area contributed by atoms with Crippen LogP contribution in [0.4, 0.5) is 5.69 Å². The number of para-hydroxylation sites is 3. The summed E-state index contributed by atoms with van der Waals surface area (Å²) in [6, 6.07) is 15.6. The molecular formula is C17H21NO2. The van der Waals surface area contributed by atoms with Crippen molar-refractivity contribution < 1.29 is 9.47 Å². The molecule has 0 amide bonds. The number of nitrogen functional groups attached to an aromatic ring is 1. The Morgan fingerprint density at radius 1 is 0.800 bits per heavy atom. The molecule has 3 nitrogen and oxygen atoms in total. The van der Waals surface area contributed by atoms with Gasteiger partial charge in [-0.1, -0.05) is 30.3 Å². The molecule has 0 aromatic heterocycles. The van der Waals surface area contributed by atoms with Crippen LogP contribution in [0, 0.1) is 6.92 Å². The largest absolute Gasteiger partial charge is 0.493 e. The van der Waals surface area contributed by atoms with Crippen molar-refractivity contribution >= 4 is 5.69 Å². The Bertz CT molecular complexity index is 491. The molecule has 2 rings (SSSR count). The molecular weight excluding hydrogens is 250 g/mol. The maximum absolute atomic E-state index is 5.80. The molecule has 0 spiro atoms. The molecule has 3 heteroatoms. The fourth-order valence-corrected chi connectivity index (χ4v) is 1.90. The second-order valence-electron chi connectivity index (χ2n) is 4.71. The van der Waals surface area contributed by atoms with Gasteiger partial charge in [0.2, 0.25) is 0 Å². The van der Waals surface area contributed by atoms with Gasteiger partial charge in [0.15, 0.2) is 0 Å². The summed E-state index contributed by atoms with van der Waals surface area (Å²) in [6.45, 7) is 3.42. The number of aryl methyl sites for hydroxylation is 1. The third kappa shape index (κ3) is 4.19. The summed E-state index contributed by atoms with van der Waals surface area (Å²) in [7, 11) is 0. The van der Waals surface area contributed by atoms with E-state index >= 15 is 0 Å². The van der Waals surface area contributed by atoms with Crippen LogP contribution in [-0.2, 0) is 0 Å². The first-order valence-electron chi connectivity index (χ1n) is 6.93. The molecule has 0 saturated heterocycles. The fraction of sp³-hybridized carbons (Fsp3) is 0.294. The van der Waals surface area contributed by atoms with E-state index in [1.807, 2.05) is 42.5 Å². The zero-order valence-electron chi connectivity index (χ0n) is 11.8. The summed E-state index contributed by atoms with van der Waals surface area (Å²) in [5.74, 6) is 1.72. The molecule has 0 aliphatic rings. The highest BCUT2D eigenvalue weighted by Gasteiger charge is 1.99. The molecule has 2 aromatic rings.